The zero-order valence-corrected chi connectivity index (χ0v) is 23.4. The standard InChI is InChI=1S/C25H30Cl2N4O6S/c1-17(25(33)28-20-7-4-3-5-8-20)29(15-18-11-12-19(26)13-23(18)27)24(32)16-30(38(2,36)37)21-9-6-10-22(14-21)31(34)35/h6,9-14,17,20H,3-5,7-8,15-16H2,1-2H3,(H,28,33). The minimum absolute atomic E-state index is 0.00663. The number of nitrogens with zero attached hydrogens (tertiary/aromatic N) is 3. The number of carbonyl (C=O) groups excluding carboxylic acids is 2. The first-order chi connectivity index (χ1) is 17.9. The number of rotatable bonds is 10. The molecule has 1 aliphatic rings. The fourth-order valence-corrected chi connectivity index (χ4v) is 5.67. The van der Waals surface area contributed by atoms with Gasteiger partial charge in [-0.3, -0.25) is 24.0 Å². The van der Waals surface area contributed by atoms with Crippen molar-refractivity contribution in [3.05, 3.63) is 68.2 Å². The van der Waals surface area contributed by atoms with E-state index < -0.39 is 33.4 Å². The van der Waals surface area contributed by atoms with Gasteiger partial charge >= 0.3 is 0 Å². The predicted molar refractivity (Wildman–Crippen MR) is 147 cm³/mol. The second-order valence-electron chi connectivity index (χ2n) is 9.32. The van der Waals surface area contributed by atoms with Crippen molar-refractivity contribution >= 4 is 56.4 Å². The number of hydrogen-bond donors (Lipinski definition) is 1. The molecule has 0 radical (unpaired) electrons. The third kappa shape index (κ3) is 7.81. The van der Waals surface area contributed by atoms with Crippen molar-refractivity contribution in [1.82, 2.24) is 10.2 Å². The van der Waals surface area contributed by atoms with E-state index in [2.05, 4.69) is 5.32 Å². The molecule has 0 bridgehead atoms. The van der Waals surface area contributed by atoms with Crippen LogP contribution in [0.1, 0.15) is 44.6 Å². The van der Waals surface area contributed by atoms with Crippen molar-refractivity contribution in [2.75, 3.05) is 17.1 Å². The third-order valence-electron chi connectivity index (χ3n) is 6.48. The maximum absolute atomic E-state index is 13.6. The molecular weight excluding hydrogens is 555 g/mol. The molecule has 0 spiro atoms. The lowest BCUT2D eigenvalue weighted by Gasteiger charge is -2.33. The molecule has 2 aromatic rings. The first-order valence-electron chi connectivity index (χ1n) is 12.1. The summed E-state index contributed by atoms with van der Waals surface area (Å²) in [4.78, 5) is 38.7. The Morgan fingerprint density at radius 2 is 1.82 bits per heavy atom. The van der Waals surface area contributed by atoms with E-state index in [1.165, 1.54) is 29.2 Å². The molecule has 206 valence electrons. The number of amides is 2. The van der Waals surface area contributed by atoms with Crippen LogP contribution in [0, 0.1) is 10.1 Å². The molecule has 1 aliphatic carbocycles. The van der Waals surface area contributed by atoms with Crippen LogP contribution in [0.15, 0.2) is 42.5 Å². The van der Waals surface area contributed by atoms with Gasteiger partial charge in [0.2, 0.25) is 21.8 Å². The maximum atomic E-state index is 13.6. The lowest BCUT2D eigenvalue weighted by atomic mass is 9.95. The molecule has 0 aromatic heterocycles. The van der Waals surface area contributed by atoms with Crippen molar-refractivity contribution in [3.63, 3.8) is 0 Å². The smallest absolute Gasteiger partial charge is 0.271 e. The fourth-order valence-electron chi connectivity index (χ4n) is 4.36. The Morgan fingerprint density at radius 3 is 2.42 bits per heavy atom. The molecule has 0 heterocycles. The first kappa shape index (κ1) is 29.7. The van der Waals surface area contributed by atoms with Crippen LogP contribution >= 0.6 is 23.2 Å². The average Bonchev–Trinajstić information content (AvgIpc) is 2.86. The van der Waals surface area contributed by atoms with E-state index in [1.54, 1.807) is 19.1 Å². The molecule has 1 fully saturated rings. The summed E-state index contributed by atoms with van der Waals surface area (Å²) in [6.07, 6.45) is 5.73. The second kappa shape index (κ2) is 12.8. The molecule has 1 saturated carbocycles. The summed E-state index contributed by atoms with van der Waals surface area (Å²) in [5.74, 6) is -1.05. The van der Waals surface area contributed by atoms with Crippen molar-refractivity contribution in [2.45, 2.75) is 57.7 Å². The summed E-state index contributed by atoms with van der Waals surface area (Å²) in [6, 6.07) is 8.79. The molecule has 1 atom stereocenters. The third-order valence-corrected chi connectivity index (χ3v) is 8.21. The van der Waals surface area contributed by atoms with Crippen LogP contribution in [0.3, 0.4) is 0 Å². The van der Waals surface area contributed by atoms with Gasteiger partial charge in [-0.1, -0.05) is 54.6 Å². The number of non-ortho nitro benzene ring substituents is 1. The summed E-state index contributed by atoms with van der Waals surface area (Å²) in [7, 11) is -4.03. The molecule has 1 unspecified atom stereocenters. The molecule has 2 amide bonds. The topological polar surface area (TPSA) is 130 Å². The highest BCUT2D eigenvalue weighted by Crippen LogP contribution is 2.26. The Labute approximate surface area is 232 Å². The van der Waals surface area contributed by atoms with Gasteiger partial charge in [0.25, 0.3) is 5.69 Å². The van der Waals surface area contributed by atoms with Gasteiger partial charge < -0.3 is 10.2 Å². The van der Waals surface area contributed by atoms with Crippen LogP contribution in [-0.4, -0.2) is 54.9 Å². The van der Waals surface area contributed by atoms with Gasteiger partial charge in [0.15, 0.2) is 0 Å². The fraction of sp³-hybridized carbons (Fsp3) is 0.440. The van der Waals surface area contributed by atoms with Gasteiger partial charge in [-0.25, -0.2) is 8.42 Å². The number of halogens is 2. The van der Waals surface area contributed by atoms with Gasteiger partial charge in [0.1, 0.15) is 12.6 Å². The van der Waals surface area contributed by atoms with Gasteiger partial charge in [0, 0.05) is 34.8 Å². The average molecular weight is 586 g/mol. The van der Waals surface area contributed by atoms with Crippen molar-refractivity contribution in [2.24, 2.45) is 0 Å². The Bertz CT molecular complexity index is 1300. The van der Waals surface area contributed by atoms with Gasteiger partial charge in [-0.15, -0.1) is 0 Å². The number of carbonyl (C=O) groups is 2. The number of sulfonamides is 1. The van der Waals surface area contributed by atoms with E-state index >= 15 is 0 Å². The summed E-state index contributed by atoms with van der Waals surface area (Å²) < 4.78 is 26.1. The first-order valence-corrected chi connectivity index (χ1v) is 14.7. The highest BCUT2D eigenvalue weighted by molar-refractivity contribution is 7.92. The van der Waals surface area contributed by atoms with Crippen LogP contribution in [-0.2, 0) is 26.2 Å². The second-order valence-corrected chi connectivity index (χ2v) is 12.1. The highest BCUT2D eigenvalue weighted by Gasteiger charge is 2.32. The molecule has 10 nitrogen and oxygen atoms in total. The van der Waals surface area contributed by atoms with Crippen LogP contribution in [0.5, 0.6) is 0 Å². The number of benzene rings is 2. The Morgan fingerprint density at radius 1 is 1.13 bits per heavy atom. The van der Waals surface area contributed by atoms with Crippen LogP contribution in [0.25, 0.3) is 0 Å². The SMILES string of the molecule is CC(C(=O)NC1CCCCC1)N(Cc1ccc(Cl)cc1Cl)C(=O)CN(c1cccc([N+](=O)[O-])c1)S(C)(=O)=O. The number of anilines is 1. The van der Waals surface area contributed by atoms with E-state index in [1.807, 2.05) is 0 Å². The van der Waals surface area contributed by atoms with E-state index in [-0.39, 0.29) is 34.9 Å². The maximum Gasteiger partial charge on any atom is 0.271 e. The lowest BCUT2D eigenvalue weighted by molar-refractivity contribution is -0.384. The van der Waals surface area contributed by atoms with E-state index in [0.717, 1.165) is 48.7 Å². The van der Waals surface area contributed by atoms with E-state index in [9.17, 15) is 28.1 Å². The summed E-state index contributed by atoms with van der Waals surface area (Å²) in [5, 5.41) is 14.9. The van der Waals surface area contributed by atoms with Crippen molar-refractivity contribution in [3.8, 4) is 0 Å². The normalized spacial score (nSPS) is 14.9. The molecular formula is C25H30Cl2N4O6S. The summed E-state index contributed by atoms with van der Waals surface area (Å²) in [6.45, 7) is 0.810. The highest BCUT2D eigenvalue weighted by atomic mass is 35.5. The van der Waals surface area contributed by atoms with Gasteiger partial charge in [-0.2, -0.15) is 0 Å². The summed E-state index contributed by atoms with van der Waals surface area (Å²) in [5.41, 5.74) is 0.149. The number of nitro benzene ring substituents is 1. The van der Waals surface area contributed by atoms with Crippen LogP contribution < -0.4 is 9.62 Å². The molecule has 0 aliphatic heterocycles. The monoisotopic (exact) mass is 584 g/mol. The van der Waals surface area contributed by atoms with E-state index in [0.29, 0.717) is 10.6 Å². The Kier molecular flexibility index (Phi) is 9.97. The Balaban J connectivity index is 1.92. The quantitative estimate of drug-likeness (QED) is 0.322. The largest absolute Gasteiger partial charge is 0.352 e. The van der Waals surface area contributed by atoms with Gasteiger partial charge in [-0.05, 0) is 43.5 Å². The number of hydrogen-bond acceptors (Lipinski definition) is 6. The molecule has 1 N–H and O–H groups in total. The van der Waals surface area contributed by atoms with E-state index in [4.69, 9.17) is 23.2 Å². The van der Waals surface area contributed by atoms with Crippen molar-refractivity contribution in [1.29, 1.82) is 0 Å². The van der Waals surface area contributed by atoms with Crippen molar-refractivity contribution < 1.29 is 22.9 Å². The minimum Gasteiger partial charge on any atom is -0.352 e. The van der Waals surface area contributed by atoms with Crippen LogP contribution in [0.4, 0.5) is 11.4 Å². The molecule has 38 heavy (non-hydrogen) atoms. The minimum atomic E-state index is -4.03. The lowest BCUT2D eigenvalue weighted by Crippen LogP contribution is -2.53. The zero-order valence-electron chi connectivity index (χ0n) is 21.1. The molecule has 3 rings (SSSR count). The van der Waals surface area contributed by atoms with Crippen LogP contribution in [0.2, 0.25) is 10.0 Å². The Hall–Kier alpha value is -2.89. The van der Waals surface area contributed by atoms with Gasteiger partial charge in [0.05, 0.1) is 16.9 Å². The molecule has 2 aromatic carbocycles. The predicted octanol–water partition coefficient (Wildman–Crippen LogP) is 4.53. The molecule has 0 saturated heterocycles. The number of nitrogens with one attached hydrogen (secondary N) is 1. The number of nitro groups is 1. The zero-order chi connectivity index (χ0) is 28.0. The molecule has 13 heteroatoms. The summed E-state index contributed by atoms with van der Waals surface area (Å²) >= 11 is 12.4.